The first-order valence-corrected chi connectivity index (χ1v) is 6.77. The number of H-pyrrole nitrogens is 1. The molecule has 0 spiro atoms. The highest BCUT2D eigenvalue weighted by atomic mass is 32.2. The van der Waals surface area contributed by atoms with Crippen LogP contribution in [0.15, 0.2) is 53.6 Å². The summed E-state index contributed by atoms with van der Waals surface area (Å²) in [5, 5.41) is 3.25. The zero-order chi connectivity index (χ0) is 12.8. The second kappa shape index (κ2) is 6.31. The van der Waals surface area contributed by atoms with E-state index in [0.717, 1.165) is 0 Å². The van der Waals surface area contributed by atoms with Crippen molar-refractivity contribution in [2.24, 2.45) is 0 Å². The number of rotatable bonds is 5. The predicted octanol–water partition coefficient (Wildman–Crippen LogP) is 2.93. The third-order valence-electron chi connectivity index (χ3n) is 2.47. The van der Waals surface area contributed by atoms with Crippen molar-refractivity contribution < 1.29 is 4.79 Å². The van der Waals surface area contributed by atoms with Gasteiger partial charge >= 0.3 is 0 Å². The van der Waals surface area contributed by atoms with Gasteiger partial charge in [-0.15, -0.1) is 11.8 Å². The van der Waals surface area contributed by atoms with Crippen LogP contribution in [-0.2, 0) is 0 Å². The number of hydrogen-bond acceptors (Lipinski definition) is 2. The Bertz CT molecular complexity index is 482. The maximum absolute atomic E-state index is 11.7. The number of hydrogen-bond donors (Lipinski definition) is 2. The van der Waals surface area contributed by atoms with Gasteiger partial charge in [0.1, 0.15) is 5.69 Å². The molecule has 1 aromatic carbocycles. The topological polar surface area (TPSA) is 44.9 Å². The first kappa shape index (κ1) is 12.8. The number of nitrogens with one attached hydrogen (secondary N) is 2. The van der Waals surface area contributed by atoms with Gasteiger partial charge in [0.2, 0.25) is 0 Å². The van der Waals surface area contributed by atoms with Crippen molar-refractivity contribution in [2.75, 3.05) is 6.54 Å². The van der Waals surface area contributed by atoms with Crippen molar-refractivity contribution in [3.63, 3.8) is 0 Å². The maximum Gasteiger partial charge on any atom is 0.267 e. The fourth-order valence-electron chi connectivity index (χ4n) is 1.58. The second-order valence-electron chi connectivity index (χ2n) is 4.04. The molecule has 0 bridgehead atoms. The fraction of sp³-hybridized carbons (Fsp3) is 0.214. The van der Waals surface area contributed by atoms with Gasteiger partial charge in [-0.2, -0.15) is 0 Å². The van der Waals surface area contributed by atoms with E-state index in [0.29, 0.717) is 17.5 Å². The zero-order valence-corrected chi connectivity index (χ0v) is 11.0. The van der Waals surface area contributed by atoms with Gasteiger partial charge in [0.05, 0.1) is 0 Å². The van der Waals surface area contributed by atoms with Crippen LogP contribution < -0.4 is 5.32 Å². The smallest absolute Gasteiger partial charge is 0.267 e. The van der Waals surface area contributed by atoms with E-state index in [-0.39, 0.29) is 5.91 Å². The van der Waals surface area contributed by atoms with Gasteiger partial charge in [-0.3, -0.25) is 4.79 Å². The minimum atomic E-state index is -0.0551. The van der Waals surface area contributed by atoms with E-state index >= 15 is 0 Å². The average Bonchev–Trinajstić information content (AvgIpc) is 2.91. The van der Waals surface area contributed by atoms with E-state index in [1.54, 1.807) is 24.0 Å². The molecule has 3 nitrogen and oxygen atoms in total. The van der Waals surface area contributed by atoms with Crippen molar-refractivity contribution in [1.82, 2.24) is 10.3 Å². The van der Waals surface area contributed by atoms with E-state index in [2.05, 4.69) is 29.4 Å². The van der Waals surface area contributed by atoms with Crippen molar-refractivity contribution in [3.05, 3.63) is 54.4 Å². The Morgan fingerprint density at radius 2 is 2.06 bits per heavy atom. The molecule has 2 rings (SSSR count). The van der Waals surface area contributed by atoms with Crippen LogP contribution in [0.25, 0.3) is 0 Å². The molecule has 94 valence electrons. The summed E-state index contributed by atoms with van der Waals surface area (Å²) in [5.41, 5.74) is 0.604. The fourth-order valence-corrected chi connectivity index (χ4v) is 2.52. The first-order valence-electron chi connectivity index (χ1n) is 5.89. The molecule has 4 heteroatoms. The normalized spacial score (nSPS) is 12.1. The number of benzene rings is 1. The monoisotopic (exact) mass is 260 g/mol. The summed E-state index contributed by atoms with van der Waals surface area (Å²) in [6.07, 6.45) is 1.75. The molecule has 0 aliphatic rings. The molecule has 0 aliphatic carbocycles. The lowest BCUT2D eigenvalue weighted by Gasteiger charge is -2.11. The van der Waals surface area contributed by atoms with Gasteiger partial charge in [-0.05, 0) is 24.3 Å². The predicted molar refractivity (Wildman–Crippen MR) is 74.9 cm³/mol. The molecule has 0 saturated carbocycles. The summed E-state index contributed by atoms with van der Waals surface area (Å²) in [5.74, 6) is -0.0551. The third-order valence-corrected chi connectivity index (χ3v) is 3.59. The highest BCUT2D eigenvalue weighted by Gasteiger charge is 2.08. The summed E-state index contributed by atoms with van der Waals surface area (Å²) in [6.45, 7) is 2.75. The van der Waals surface area contributed by atoms with Crippen LogP contribution in [0.4, 0.5) is 0 Å². The highest BCUT2D eigenvalue weighted by Crippen LogP contribution is 2.21. The lowest BCUT2D eigenvalue weighted by atomic mass is 10.4. The number of amides is 1. The minimum absolute atomic E-state index is 0.0551. The van der Waals surface area contributed by atoms with Gasteiger partial charge in [-0.25, -0.2) is 0 Å². The van der Waals surface area contributed by atoms with E-state index in [1.807, 2.05) is 24.3 Å². The zero-order valence-electron chi connectivity index (χ0n) is 10.2. The lowest BCUT2D eigenvalue weighted by Crippen LogP contribution is -2.29. The summed E-state index contributed by atoms with van der Waals surface area (Å²) in [4.78, 5) is 15.8. The summed E-state index contributed by atoms with van der Waals surface area (Å²) >= 11 is 1.76. The highest BCUT2D eigenvalue weighted by molar-refractivity contribution is 8.00. The average molecular weight is 260 g/mol. The summed E-state index contributed by atoms with van der Waals surface area (Å²) in [6, 6.07) is 13.8. The van der Waals surface area contributed by atoms with Crippen molar-refractivity contribution in [1.29, 1.82) is 0 Å². The number of carbonyl (C=O) groups excluding carboxylic acids is 1. The molecule has 0 fully saturated rings. The van der Waals surface area contributed by atoms with Crippen LogP contribution in [0.2, 0.25) is 0 Å². The van der Waals surface area contributed by atoms with Crippen LogP contribution in [0.5, 0.6) is 0 Å². The molecule has 2 N–H and O–H groups in total. The first-order chi connectivity index (χ1) is 8.75. The van der Waals surface area contributed by atoms with Gasteiger partial charge < -0.3 is 10.3 Å². The Kier molecular flexibility index (Phi) is 4.47. The Morgan fingerprint density at radius 1 is 1.28 bits per heavy atom. The summed E-state index contributed by atoms with van der Waals surface area (Å²) in [7, 11) is 0. The van der Waals surface area contributed by atoms with Crippen LogP contribution in [-0.4, -0.2) is 22.7 Å². The van der Waals surface area contributed by atoms with Gasteiger partial charge in [0, 0.05) is 22.9 Å². The van der Waals surface area contributed by atoms with Gasteiger partial charge in [-0.1, -0.05) is 25.1 Å². The van der Waals surface area contributed by atoms with Crippen molar-refractivity contribution in [2.45, 2.75) is 17.1 Å². The van der Waals surface area contributed by atoms with Crippen molar-refractivity contribution in [3.8, 4) is 0 Å². The SMILES string of the molecule is C[C@H](CNC(=O)c1ccc[nH]1)Sc1ccccc1. The van der Waals surface area contributed by atoms with E-state index in [9.17, 15) is 4.79 Å². The molecule has 1 heterocycles. The molecule has 0 unspecified atom stereocenters. The van der Waals surface area contributed by atoms with E-state index < -0.39 is 0 Å². The third kappa shape index (κ3) is 3.67. The second-order valence-corrected chi connectivity index (χ2v) is 5.55. The van der Waals surface area contributed by atoms with Crippen LogP contribution >= 0.6 is 11.8 Å². The Morgan fingerprint density at radius 3 is 2.72 bits per heavy atom. The molecular formula is C14H16N2OS. The molecule has 1 atom stereocenters. The van der Waals surface area contributed by atoms with Crippen molar-refractivity contribution >= 4 is 17.7 Å². The molecule has 2 aromatic rings. The molecule has 1 aromatic heterocycles. The molecule has 0 saturated heterocycles. The Hall–Kier alpha value is -1.68. The number of thioether (sulfide) groups is 1. The van der Waals surface area contributed by atoms with Gasteiger partial charge in [0.25, 0.3) is 5.91 Å². The Labute approximate surface area is 111 Å². The molecule has 18 heavy (non-hydrogen) atoms. The molecule has 0 aliphatic heterocycles. The number of aromatic nitrogens is 1. The Balaban J connectivity index is 1.78. The lowest BCUT2D eigenvalue weighted by molar-refractivity contribution is 0.0950. The van der Waals surface area contributed by atoms with E-state index in [1.165, 1.54) is 4.90 Å². The van der Waals surface area contributed by atoms with E-state index in [4.69, 9.17) is 0 Å². The molecular weight excluding hydrogens is 244 g/mol. The maximum atomic E-state index is 11.7. The quantitative estimate of drug-likeness (QED) is 0.812. The number of carbonyl (C=O) groups is 1. The van der Waals surface area contributed by atoms with Gasteiger partial charge in [0.15, 0.2) is 0 Å². The molecule has 1 amide bonds. The summed E-state index contributed by atoms with van der Waals surface area (Å²) < 4.78 is 0. The minimum Gasteiger partial charge on any atom is -0.357 e. The standard InChI is InChI=1S/C14H16N2OS/c1-11(18-12-6-3-2-4-7-12)10-16-14(17)13-8-5-9-15-13/h2-9,11,15H,10H2,1H3,(H,16,17)/t11-/m1/s1. The van der Waals surface area contributed by atoms with Crippen LogP contribution in [0, 0.1) is 0 Å². The van der Waals surface area contributed by atoms with Crippen LogP contribution in [0.1, 0.15) is 17.4 Å². The number of aromatic amines is 1. The van der Waals surface area contributed by atoms with Crippen LogP contribution in [0.3, 0.4) is 0 Å². The largest absolute Gasteiger partial charge is 0.357 e. The molecule has 0 radical (unpaired) electrons.